The minimum Gasteiger partial charge on any atom is -0.397 e. The zero-order chi connectivity index (χ0) is 8.27. The van der Waals surface area contributed by atoms with Crippen LogP contribution in [0.1, 0.15) is 6.92 Å². The molecule has 0 amide bonds. The third-order valence-corrected chi connectivity index (χ3v) is 1.64. The van der Waals surface area contributed by atoms with Gasteiger partial charge in [-0.15, -0.1) is 0 Å². The van der Waals surface area contributed by atoms with E-state index in [-0.39, 0.29) is 0 Å². The predicted octanol–water partition coefficient (Wildman–Crippen LogP) is 1.12. The van der Waals surface area contributed by atoms with E-state index >= 15 is 0 Å². The quantitative estimate of drug-likeness (QED) is 0.688. The third-order valence-electron chi connectivity index (χ3n) is 1.64. The van der Waals surface area contributed by atoms with Gasteiger partial charge in [0.25, 0.3) is 0 Å². The molecule has 1 rings (SSSR count). The SMILES string of the molecule is CCN(C)c1ccc(N)cn1. The number of aromatic nitrogens is 1. The van der Waals surface area contributed by atoms with Crippen LogP contribution in [0.3, 0.4) is 0 Å². The summed E-state index contributed by atoms with van der Waals surface area (Å²) in [5.41, 5.74) is 6.19. The van der Waals surface area contributed by atoms with E-state index in [4.69, 9.17) is 5.73 Å². The number of anilines is 2. The van der Waals surface area contributed by atoms with Gasteiger partial charge in [-0.3, -0.25) is 0 Å². The Morgan fingerprint density at radius 3 is 2.73 bits per heavy atom. The van der Waals surface area contributed by atoms with Crippen molar-refractivity contribution >= 4 is 11.5 Å². The van der Waals surface area contributed by atoms with Gasteiger partial charge in [0, 0.05) is 13.6 Å². The van der Waals surface area contributed by atoms with Crippen molar-refractivity contribution in [3.63, 3.8) is 0 Å². The standard InChI is InChI=1S/C8H13N3/c1-3-11(2)8-5-4-7(9)6-10-8/h4-6H,3,9H2,1-2H3. The van der Waals surface area contributed by atoms with Gasteiger partial charge in [-0.05, 0) is 19.1 Å². The van der Waals surface area contributed by atoms with Gasteiger partial charge in [-0.1, -0.05) is 0 Å². The third kappa shape index (κ3) is 1.83. The first-order valence-electron chi connectivity index (χ1n) is 3.66. The zero-order valence-corrected chi connectivity index (χ0v) is 6.91. The van der Waals surface area contributed by atoms with Crippen molar-refractivity contribution in [2.75, 3.05) is 24.2 Å². The molecule has 0 saturated heterocycles. The fourth-order valence-corrected chi connectivity index (χ4v) is 0.785. The summed E-state index contributed by atoms with van der Waals surface area (Å²) >= 11 is 0. The van der Waals surface area contributed by atoms with Gasteiger partial charge in [0.2, 0.25) is 0 Å². The van der Waals surface area contributed by atoms with Crippen molar-refractivity contribution in [2.45, 2.75) is 6.92 Å². The summed E-state index contributed by atoms with van der Waals surface area (Å²) in [6, 6.07) is 3.77. The van der Waals surface area contributed by atoms with Crippen LogP contribution in [0.15, 0.2) is 18.3 Å². The molecule has 2 N–H and O–H groups in total. The van der Waals surface area contributed by atoms with E-state index in [0.29, 0.717) is 5.69 Å². The second-order valence-corrected chi connectivity index (χ2v) is 2.46. The minimum absolute atomic E-state index is 0.707. The number of nitrogens with two attached hydrogens (primary N) is 1. The molecule has 0 aliphatic rings. The molecule has 0 radical (unpaired) electrons. The highest BCUT2D eigenvalue weighted by Crippen LogP contribution is 2.09. The molecule has 0 fully saturated rings. The number of nitrogen functional groups attached to an aromatic ring is 1. The summed E-state index contributed by atoms with van der Waals surface area (Å²) in [4.78, 5) is 6.20. The Kier molecular flexibility index (Phi) is 2.31. The van der Waals surface area contributed by atoms with Crippen LogP contribution in [0.25, 0.3) is 0 Å². The van der Waals surface area contributed by atoms with Gasteiger partial charge in [-0.25, -0.2) is 4.98 Å². The van der Waals surface area contributed by atoms with Crippen molar-refractivity contribution in [2.24, 2.45) is 0 Å². The molecule has 3 heteroatoms. The highest BCUT2D eigenvalue weighted by Gasteiger charge is 1.96. The fraction of sp³-hybridized carbons (Fsp3) is 0.375. The Morgan fingerprint density at radius 1 is 1.55 bits per heavy atom. The molecule has 3 nitrogen and oxygen atoms in total. The lowest BCUT2D eigenvalue weighted by molar-refractivity contribution is 0.939. The predicted molar refractivity (Wildman–Crippen MR) is 47.6 cm³/mol. The summed E-state index contributed by atoms with van der Waals surface area (Å²) < 4.78 is 0. The first-order chi connectivity index (χ1) is 5.24. The Morgan fingerprint density at radius 2 is 2.27 bits per heavy atom. The van der Waals surface area contributed by atoms with Crippen molar-refractivity contribution in [3.8, 4) is 0 Å². The highest BCUT2D eigenvalue weighted by molar-refractivity contribution is 5.44. The van der Waals surface area contributed by atoms with Crippen molar-refractivity contribution in [1.29, 1.82) is 0 Å². The van der Waals surface area contributed by atoms with Gasteiger partial charge in [0.1, 0.15) is 5.82 Å². The monoisotopic (exact) mass is 151 g/mol. The molecule has 0 aliphatic heterocycles. The number of hydrogen-bond donors (Lipinski definition) is 1. The van der Waals surface area contributed by atoms with Crippen LogP contribution in [-0.4, -0.2) is 18.6 Å². The van der Waals surface area contributed by atoms with Crippen LogP contribution in [0.2, 0.25) is 0 Å². The summed E-state index contributed by atoms with van der Waals surface area (Å²) in [6.07, 6.45) is 1.67. The van der Waals surface area contributed by atoms with Crippen LogP contribution in [0.4, 0.5) is 11.5 Å². The molecule has 0 unspecified atom stereocenters. The van der Waals surface area contributed by atoms with Crippen LogP contribution in [0.5, 0.6) is 0 Å². The van der Waals surface area contributed by atoms with Gasteiger partial charge < -0.3 is 10.6 Å². The Hall–Kier alpha value is -1.25. The lowest BCUT2D eigenvalue weighted by atomic mass is 10.4. The van der Waals surface area contributed by atoms with Gasteiger partial charge in [0.15, 0.2) is 0 Å². The van der Waals surface area contributed by atoms with E-state index in [0.717, 1.165) is 12.4 Å². The molecule has 1 aromatic heterocycles. The maximum atomic E-state index is 5.49. The smallest absolute Gasteiger partial charge is 0.128 e. The van der Waals surface area contributed by atoms with E-state index in [1.807, 2.05) is 19.2 Å². The molecule has 11 heavy (non-hydrogen) atoms. The van der Waals surface area contributed by atoms with Crippen molar-refractivity contribution in [1.82, 2.24) is 4.98 Å². The summed E-state index contributed by atoms with van der Waals surface area (Å²) in [7, 11) is 2.00. The van der Waals surface area contributed by atoms with E-state index in [1.54, 1.807) is 6.20 Å². The molecule has 0 saturated carbocycles. The first kappa shape index (κ1) is 7.85. The van der Waals surface area contributed by atoms with Gasteiger partial charge in [0.05, 0.1) is 11.9 Å². The maximum Gasteiger partial charge on any atom is 0.128 e. The molecular weight excluding hydrogens is 138 g/mol. The van der Waals surface area contributed by atoms with E-state index in [2.05, 4.69) is 16.8 Å². The summed E-state index contributed by atoms with van der Waals surface area (Å²) in [5, 5.41) is 0. The van der Waals surface area contributed by atoms with E-state index < -0.39 is 0 Å². The fourth-order valence-electron chi connectivity index (χ4n) is 0.785. The lowest BCUT2D eigenvalue weighted by Gasteiger charge is -2.14. The van der Waals surface area contributed by atoms with E-state index in [1.165, 1.54) is 0 Å². The zero-order valence-electron chi connectivity index (χ0n) is 6.91. The molecular formula is C8H13N3. The largest absolute Gasteiger partial charge is 0.397 e. The second kappa shape index (κ2) is 3.23. The van der Waals surface area contributed by atoms with Gasteiger partial charge >= 0.3 is 0 Å². The summed E-state index contributed by atoms with van der Waals surface area (Å²) in [6.45, 7) is 3.04. The van der Waals surface area contributed by atoms with Crippen molar-refractivity contribution < 1.29 is 0 Å². The molecule has 0 aromatic carbocycles. The van der Waals surface area contributed by atoms with Crippen LogP contribution in [-0.2, 0) is 0 Å². The van der Waals surface area contributed by atoms with E-state index in [9.17, 15) is 0 Å². The first-order valence-corrected chi connectivity index (χ1v) is 3.66. The topological polar surface area (TPSA) is 42.1 Å². The van der Waals surface area contributed by atoms with Crippen LogP contribution < -0.4 is 10.6 Å². The summed E-state index contributed by atoms with van der Waals surface area (Å²) in [5.74, 6) is 0.960. The molecule has 1 aromatic rings. The molecule has 0 bridgehead atoms. The Labute approximate surface area is 66.8 Å². The number of pyridine rings is 1. The highest BCUT2D eigenvalue weighted by atomic mass is 15.1. The average molecular weight is 151 g/mol. The van der Waals surface area contributed by atoms with Gasteiger partial charge in [-0.2, -0.15) is 0 Å². The Bertz CT molecular complexity index is 217. The van der Waals surface area contributed by atoms with Crippen LogP contribution in [0, 0.1) is 0 Å². The normalized spacial score (nSPS) is 9.64. The molecule has 1 heterocycles. The Balaban J connectivity index is 2.81. The van der Waals surface area contributed by atoms with Crippen molar-refractivity contribution in [3.05, 3.63) is 18.3 Å². The molecule has 0 spiro atoms. The molecule has 0 atom stereocenters. The molecule has 0 aliphatic carbocycles. The maximum absolute atomic E-state index is 5.49. The number of hydrogen-bond acceptors (Lipinski definition) is 3. The number of nitrogens with zero attached hydrogens (tertiary/aromatic N) is 2. The number of rotatable bonds is 2. The molecule has 60 valence electrons. The minimum atomic E-state index is 0.707. The second-order valence-electron chi connectivity index (χ2n) is 2.46. The van der Waals surface area contributed by atoms with Crippen LogP contribution >= 0.6 is 0 Å². The average Bonchev–Trinajstić information content (AvgIpc) is 2.05. The lowest BCUT2D eigenvalue weighted by Crippen LogP contribution is -2.16.